The number of hydrogen-bond acceptors (Lipinski definition) is 4. The molecule has 22 heavy (non-hydrogen) atoms. The summed E-state index contributed by atoms with van der Waals surface area (Å²) in [7, 11) is 0. The van der Waals surface area contributed by atoms with Crippen LogP contribution >= 0.6 is 0 Å². The molecule has 1 aliphatic rings. The summed E-state index contributed by atoms with van der Waals surface area (Å²) in [4.78, 5) is 12.0. The van der Waals surface area contributed by atoms with Crippen LogP contribution in [0.5, 0.6) is 0 Å². The van der Waals surface area contributed by atoms with Crippen LogP contribution in [-0.4, -0.2) is 30.3 Å². The highest BCUT2D eigenvalue weighted by molar-refractivity contribution is 5.68. The number of benzene rings is 1. The molecule has 1 saturated carbocycles. The molecule has 0 aliphatic heterocycles. The van der Waals surface area contributed by atoms with E-state index in [1.165, 1.54) is 0 Å². The van der Waals surface area contributed by atoms with Gasteiger partial charge in [0.05, 0.1) is 6.04 Å². The first-order valence-electron chi connectivity index (χ1n) is 7.87. The maximum atomic E-state index is 12.0. The minimum absolute atomic E-state index is 0.118. The third-order valence-electron chi connectivity index (χ3n) is 3.68. The number of alkyl carbamates (subject to hydrolysis) is 1. The maximum Gasteiger partial charge on any atom is 0.408 e. The van der Waals surface area contributed by atoms with Gasteiger partial charge in [0.2, 0.25) is 0 Å². The van der Waals surface area contributed by atoms with Crippen LogP contribution in [0.2, 0.25) is 0 Å². The van der Waals surface area contributed by atoms with E-state index < -0.39 is 11.7 Å². The van der Waals surface area contributed by atoms with Crippen LogP contribution in [0, 0.1) is 0 Å². The molecular weight excluding hydrogens is 278 g/mol. The van der Waals surface area contributed by atoms with Crippen LogP contribution in [0.25, 0.3) is 0 Å². The largest absolute Gasteiger partial charge is 0.444 e. The van der Waals surface area contributed by atoms with Crippen molar-refractivity contribution in [1.82, 2.24) is 10.6 Å². The third-order valence-corrected chi connectivity index (χ3v) is 3.68. The highest BCUT2D eigenvalue weighted by Crippen LogP contribution is 2.19. The zero-order chi connectivity index (χ0) is 16.2. The van der Waals surface area contributed by atoms with Crippen LogP contribution < -0.4 is 16.4 Å². The summed E-state index contributed by atoms with van der Waals surface area (Å²) < 4.78 is 5.36. The summed E-state index contributed by atoms with van der Waals surface area (Å²) in [5, 5.41) is 6.42. The van der Waals surface area contributed by atoms with Gasteiger partial charge in [-0.25, -0.2) is 4.79 Å². The van der Waals surface area contributed by atoms with Gasteiger partial charge in [-0.1, -0.05) is 30.3 Å². The normalized spacial score (nSPS) is 22.5. The molecule has 5 heteroatoms. The molecule has 0 bridgehead atoms. The van der Waals surface area contributed by atoms with Crippen molar-refractivity contribution < 1.29 is 9.53 Å². The van der Waals surface area contributed by atoms with Crippen molar-refractivity contribution in [2.45, 2.75) is 57.3 Å². The molecular formula is C17H27N3O2. The fourth-order valence-electron chi connectivity index (χ4n) is 2.50. The zero-order valence-corrected chi connectivity index (χ0v) is 13.6. The van der Waals surface area contributed by atoms with Crippen molar-refractivity contribution >= 4 is 6.09 Å². The highest BCUT2D eigenvalue weighted by Gasteiger charge is 2.27. The van der Waals surface area contributed by atoms with Crippen molar-refractivity contribution in [2.75, 3.05) is 6.54 Å². The molecule has 0 saturated heterocycles. The first-order valence-corrected chi connectivity index (χ1v) is 7.87. The second-order valence-electron chi connectivity index (χ2n) is 6.95. The monoisotopic (exact) mass is 305 g/mol. The summed E-state index contributed by atoms with van der Waals surface area (Å²) in [6.07, 6.45) is 1.59. The number of carbonyl (C=O) groups excluding carboxylic acids is 1. The van der Waals surface area contributed by atoms with Crippen molar-refractivity contribution in [3.8, 4) is 0 Å². The van der Waals surface area contributed by atoms with Crippen LogP contribution in [0.1, 0.15) is 45.2 Å². The van der Waals surface area contributed by atoms with Gasteiger partial charge < -0.3 is 21.1 Å². The van der Waals surface area contributed by atoms with Gasteiger partial charge >= 0.3 is 6.09 Å². The number of nitrogens with two attached hydrogens (primary N) is 1. The Morgan fingerprint density at radius 1 is 1.32 bits per heavy atom. The van der Waals surface area contributed by atoms with E-state index in [0.29, 0.717) is 18.6 Å². The molecule has 0 aromatic heterocycles. The number of carbonyl (C=O) groups is 1. The van der Waals surface area contributed by atoms with Gasteiger partial charge in [-0.05, 0) is 39.2 Å². The molecule has 1 atom stereocenters. The first kappa shape index (κ1) is 16.8. The highest BCUT2D eigenvalue weighted by atomic mass is 16.6. The smallest absolute Gasteiger partial charge is 0.408 e. The van der Waals surface area contributed by atoms with Crippen molar-refractivity contribution in [1.29, 1.82) is 0 Å². The Bertz CT molecular complexity index is 478. The second-order valence-corrected chi connectivity index (χ2v) is 6.95. The van der Waals surface area contributed by atoms with E-state index in [1.807, 2.05) is 51.1 Å². The zero-order valence-electron chi connectivity index (χ0n) is 13.6. The molecule has 5 nitrogen and oxygen atoms in total. The van der Waals surface area contributed by atoms with Gasteiger partial charge in [0.1, 0.15) is 5.60 Å². The number of nitrogens with one attached hydrogen (secondary N) is 2. The summed E-state index contributed by atoms with van der Waals surface area (Å²) in [5.41, 5.74) is 6.37. The van der Waals surface area contributed by atoms with E-state index >= 15 is 0 Å². The Labute approximate surface area is 132 Å². The quantitative estimate of drug-likeness (QED) is 0.780. The average Bonchev–Trinajstić information content (AvgIpc) is 2.39. The molecule has 2 rings (SSSR count). The Balaban J connectivity index is 1.94. The lowest BCUT2D eigenvalue weighted by atomic mass is 9.87. The minimum Gasteiger partial charge on any atom is -0.444 e. The van der Waals surface area contributed by atoms with E-state index in [0.717, 1.165) is 18.4 Å². The SMILES string of the molecule is CC(C)(C)OC(=O)NC(CNC1CC(N)C1)c1ccccc1. The summed E-state index contributed by atoms with van der Waals surface area (Å²) in [6, 6.07) is 10.6. The van der Waals surface area contributed by atoms with E-state index in [4.69, 9.17) is 10.5 Å². The van der Waals surface area contributed by atoms with Crippen LogP contribution in [-0.2, 0) is 4.74 Å². The Kier molecular flexibility index (Phi) is 5.42. The van der Waals surface area contributed by atoms with Gasteiger partial charge in [0.15, 0.2) is 0 Å². The molecule has 4 N–H and O–H groups in total. The molecule has 1 aromatic carbocycles. The number of ether oxygens (including phenoxy) is 1. The van der Waals surface area contributed by atoms with Gasteiger partial charge in [-0.15, -0.1) is 0 Å². The molecule has 0 radical (unpaired) electrons. The maximum absolute atomic E-state index is 12.0. The lowest BCUT2D eigenvalue weighted by molar-refractivity contribution is 0.0501. The molecule has 1 amide bonds. The number of rotatable bonds is 5. The summed E-state index contributed by atoms with van der Waals surface area (Å²) in [6.45, 7) is 6.24. The molecule has 0 spiro atoms. The predicted octanol–water partition coefficient (Wildman–Crippen LogP) is 2.33. The fourth-order valence-corrected chi connectivity index (χ4v) is 2.50. The fraction of sp³-hybridized carbons (Fsp3) is 0.588. The van der Waals surface area contributed by atoms with Gasteiger partial charge in [-0.3, -0.25) is 0 Å². The standard InChI is InChI=1S/C17H27N3O2/c1-17(2,3)22-16(21)20-15(12-7-5-4-6-8-12)11-19-14-9-13(18)10-14/h4-8,13-15,19H,9-11,18H2,1-3H3,(H,20,21). The van der Waals surface area contributed by atoms with Crippen molar-refractivity contribution in [3.63, 3.8) is 0 Å². The van der Waals surface area contributed by atoms with Gasteiger partial charge in [-0.2, -0.15) is 0 Å². The summed E-state index contributed by atoms with van der Waals surface area (Å²) >= 11 is 0. The lowest BCUT2D eigenvalue weighted by Crippen LogP contribution is -2.50. The lowest BCUT2D eigenvalue weighted by Gasteiger charge is -2.34. The summed E-state index contributed by atoms with van der Waals surface area (Å²) in [5.74, 6) is 0. The van der Waals surface area contributed by atoms with E-state index in [1.54, 1.807) is 0 Å². The van der Waals surface area contributed by atoms with Crippen LogP contribution in [0.15, 0.2) is 30.3 Å². The molecule has 1 fully saturated rings. The van der Waals surface area contributed by atoms with Crippen LogP contribution in [0.4, 0.5) is 4.79 Å². The molecule has 1 aromatic rings. The van der Waals surface area contributed by atoms with Crippen molar-refractivity contribution in [2.24, 2.45) is 5.73 Å². The van der Waals surface area contributed by atoms with Crippen molar-refractivity contribution in [3.05, 3.63) is 35.9 Å². The van der Waals surface area contributed by atoms with E-state index in [9.17, 15) is 4.79 Å². The Hall–Kier alpha value is -1.59. The van der Waals surface area contributed by atoms with Gasteiger partial charge in [0.25, 0.3) is 0 Å². The Morgan fingerprint density at radius 2 is 1.95 bits per heavy atom. The van der Waals surface area contributed by atoms with E-state index in [-0.39, 0.29) is 6.04 Å². The van der Waals surface area contributed by atoms with Gasteiger partial charge in [0, 0.05) is 18.6 Å². The first-order chi connectivity index (χ1) is 10.3. The molecule has 1 unspecified atom stereocenters. The minimum atomic E-state index is -0.501. The number of amides is 1. The molecule has 1 aliphatic carbocycles. The van der Waals surface area contributed by atoms with E-state index in [2.05, 4.69) is 10.6 Å². The number of hydrogen-bond donors (Lipinski definition) is 3. The Morgan fingerprint density at radius 3 is 2.50 bits per heavy atom. The second kappa shape index (κ2) is 7.11. The molecule has 122 valence electrons. The molecule has 0 heterocycles. The topological polar surface area (TPSA) is 76.4 Å². The van der Waals surface area contributed by atoms with Crippen LogP contribution in [0.3, 0.4) is 0 Å². The predicted molar refractivity (Wildman–Crippen MR) is 87.6 cm³/mol. The average molecular weight is 305 g/mol. The third kappa shape index (κ3) is 5.31.